The topological polar surface area (TPSA) is 96.2 Å². The van der Waals surface area contributed by atoms with Crippen LogP contribution in [0.2, 0.25) is 0 Å². The first-order chi connectivity index (χ1) is 11.8. The fraction of sp³-hybridized carbons (Fsp3) is 0.625. The molecule has 0 saturated carbocycles. The van der Waals surface area contributed by atoms with Gasteiger partial charge in [0.2, 0.25) is 11.9 Å². The normalized spacial score (nSPS) is 15.4. The zero-order chi connectivity index (χ0) is 18.3. The summed E-state index contributed by atoms with van der Waals surface area (Å²) < 4.78 is 3.22. The van der Waals surface area contributed by atoms with Crippen molar-refractivity contribution in [2.24, 2.45) is 7.05 Å². The summed E-state index contributed by atoms with van der Waals surface area (Å²) in [4.78, 5) is 46.9. The summed E-state index contributed by atoms with van der Waals surface area (Å²) in [5.74, 6) is 0.816. The highest BCUT2D eigenvalue weighted by Gasteiger charge is 2.26. The van der Waals surface area contributed by atoms with Gasteiger partial charge in [-0.2, -0.15) is 4.98 Å². The summed E-state index contributed by atoms with van der Waals surface area (Å²) in [5, 5.41) is 0. The maximum Gasteiger partial charge on any atom is 0.329 e. The molecule has 1 fully saturated rings. The predicted molar refractivity (Wildman–Crippen MR) is 95.1 cm³/mol. The summed E-state index contributed by atoms with van der Waals surface area (Å²) >= 11 is 0. The zero-order valence-corrected chi connectivity index (χ0v) is 15.1. The van der Waals surface area contributed by atoms with E-state index in [0.29, 0.717) is 49.7 Å². The minimum Gasteiger partial charge on any atom is -0.339 e. The first-order valence-corrected chi connectivity index (χ1v) is 8.59. The number of carbonyl (C=O) groups is 1. The Bertz CT molecular complexity index is 914. The minimum atomic E-state index is -0.476. The lowest BCUT2D eigenvalue weighted by Crippen LogP contribution is -2.49. The van der Waals surface area contributed by atoms with E-state index in [2.05, 4.69) is 14.9 Å². The fourth-order valence-corrected chi connectivity index (χ4v) is 3.28. The third-order valence-corrected chi connectivity index (χ3v) is 4.67. The van der Waals surface area contributed by atoms with Crippen molar-refractivity contribution in [3.63, 3.8) is 0 Å². The lowest BCUT2D eigenvalue weighted by molar-refractivity contribution is -0.131. The van der Waals surface area contributed by atoms with Crippen LogP contribution in [0.15, 0.2) is 9.59 Å². The Morgan fingerprint density at radius 3 is 2.40 bits per heavy atom. The van der Waals surface area contributed by atoms with Crippen LogP contribution < -0.4 is 16.1 Å². The molecule has 0 bridgehead atoms. The molecule has 1 aliphatic heterocycles. The average Bonchev–Trinajstić information content (AvgIpc) is 3.00. The van der Waals surface area contributed by atoms with Crippen molar-refractivity contribution in [2.75, 3.05) is 31.1 Å². The number of H-pyrrole nitrogens is 1. The van der Waals surface area contributed by atoms with E-state index in [-0.39, 0.29) is 11.9 Å². The molecule has 0 aromatic carbocycles. The Morgan fingerprint density at radius 1 is 1.20 bits per heavy atom. The van der Waals surface area contributed by atoms with E-state index in [1.807, 2.05) is 30.2 Å². The van der Waals surface area contributed by atoms with Crippen LogP contribution in [0.25, 0.3) is 11.2 Å². The van der Waals surface area contributed by atoms with Gasteiger partial charge in [0.15, 0.2) is 11.2 Å². The number of anilines is 1. The van der Waals surface area contributed by atoms with Crippen LogP contribution in [0.1, 0.15) is 33.2 Å². The summed E-state index contributed by atoms with van der Waals surface area (Å²) in [6, 6.07) is 0.00825. The number of amides is 1. The van der Waals surface area contributed by atoms with Gasteiger partial charge in [-0.25, -0.2) is 4.79 Å². The Hall–Kier alpha value is -2.58. The van der Waals surface area contributed by atoms with Crippen LogP contribution in [0.5, 0.6) is 0 Å². The van der Waals surface area contributed by atoms with Crippen LogP contribution >= 0.6 is 0 Å². The third kappa shape index (κ3) is 2.83. The monoisotopic (exact) mass is 348 g/mol. The average molecular weight is 348 g/mol. The largest absolute Gasteiger partial charge is 0.339 e. The second-order valence-electron chi connectivity index (χ2n) is 6.59. The molecule has 1 amide bonds. The second-order valence-corrected chi connectivity index (χ2v) is 6.59. The highest BCUT2D eigenvalue weighted by atomic mass is 16.2. The van der Waals surface area contributed by atoms with Gasteiger partial charge in [0.1, 0.15) is 0 Å². The standard InChI is InChI=1S/C16H24N6O3/c1-5-11(23)20-6-8-21(9-7-20)15-17-13-12(22(15)10(2)3)14(24)18-16(25)19(13)4/h10H,5-9H2,1-4H3,(H,18,24,25). The Balaban J connectivity index is 2.06. The number of rotatable bonds is 3. The van der Waals surface area contributed by atoms with Crippen molar-refractivity contribution < 1.29 is 4.79 Å². The molecule has 0 atom stereocenters. The molecule has 0 spiro atoms. The van der Waals surface area contributed by atoms with Gasteiger partial charge in [-0.3, -0.25) is 19.1 Å². The van der Waals surface area contributed by atoms with Gasteiger partial charge in [-0.15, -0.1) is 0 Å². The van der Waals surface area contributed by atoms with Crippen LogP contribution in [-0.2, 0) is 11.8 Å². The summed E-state index contributed by atoms with van der Waals surface area (Å²) in [5.41, 5.74) is -0.121. The molecule has 9 nitrogen and oxygen atoms in total. The Kier molecular flexibility index (Phi) is 4.40. The van der Waals surface area contributed by atoms with Gasteiger partial charge < -0.3 is 14.4 Å². The number of nitrogens with zero attached hydrogens (tertiary/aromatic N) is 5. The number of hydrogen-bond donors (Lipinski definition) is 1. The van der Waals surface area contributed by atoms with Crippen molar-refractivity contribution in [1.82, 2.24) is 24.0 Å². The van der Waals surface area contributed by atoms with E-state index < -0.39 is 11.2 Å². The number of piperazine rings is 1. The molecule has 3 heterocycles. The van der Waals surface area contributed by atoms with Crippen LogP contribution in [0, 0.1) is 0 Å². The van der Waals surface area contributed by atoms with Crippen molar-refractivity contribution in [2.45, 2.75) is 33.2 Å². The molecule has 1 N–H and O–H groups in total. The highest BCUT2D eigenvalue weighted by molar-refractivity contribution is 5.77. The maximum absolute atomic E-state index is 12.4. The highest BCUT2D eigenvalue weighted by Crippen LogP contribution is 2.25. The van der Waals surface area contributed by atoms with Gasteiger partial charge >= 0.3 is 5.69 Å². The van der Waals surface area contributed by atoms with Gasteiger partial charge in [0.05, 0.1) is 0 Å². The molecule has 1 aliphatic rings. The van der Waals surface area contributed by atoms with Crippen LogP contribution in [-0.4, -0.2) is 56.1 Å². The Morgan fingerprint density at radius 2 is 1.84 bits per heavy atom. The summed E-state index contributed by atoms with van der Waals surface area (Å²) in [6.07, 6.45) is 0.502. The smallest absolute Gasteiger partial charge is 0.329 e. The van der Waals surface area contributed by atoms with E-state index in [4.69, 9.17) is 0 Å². The van der Waals surface area contributed by atoms with E-state index in [1.54, 1.807) is 7.05 Å². The minimum absolute atomic E-state index is 0.00825. The van der Waals surface area contributed by atoms with Crippen molar-refractivity contribution >= 4 is 23.0 Å². The van der Waals surface area contributed by atoms with Crippen LogP contribution in [0.3, 0.4) is 0 Å². The van der Waals surface area contributed by atoms with Crippen molar-refractivity contribution in [1.29, 1.82) is 0 Å². The second kappa shape index (κ2) is 6.38. The molecule has 0 aliphatic carbocycles. The lowest BCUT2D eigenvalue weighted by Gasteiger charge is -2.35. The van der Waals surface area contributed by atoms with Gasteiger partial charge in [0, 0.05) is 45.7 Å². The Labute approximate surface area is 144 Å². The fourth-order valence-electron chi connectivity index (χ4n) is 3.28. The molecule has 9 heteroatoms. The first-order valence-electron chi connectivity index (χ1n) is 8.59. The predicted octanol–water partition coefficient (Wildman–Crippen LogP) is 0.0628. The van der Waals surface area contributed by atoms with Gasteiger partial charge in [-0.1, -0.05) is 6.92 Å². The molecule has 1 saturated heterocycles. The van der Waals surface area contributed by atoms with Gasteiger partial charge in [-0.05, 0) is 13.8 Å². The third-order valence-electron chi connectivity index (χ3n) is 4.67. The van der Waals surface area contributed by atoms with Gasteiger partial charge in [0.25, 0.3) is 5.56 Å². The van der Waals surface area contributed by atoms with Crippen molar-refractivity contribution in [3.8, 4) is 0 Å². The van der Waals surface area contributed by atoms with E-state index in [9.17, 15) is 14.4 Å². The number of aryl methyl sites for hydroxylation is 1. The maximum atomic E-state index is 12.4. The molecule has 0 unspecified atom stereocenters. The number of aromatic amines is 1. The lowest BCUT2D eigenvalue weighted by atomic mass is 10.3. The molecule has 25 heavy (non-hydrogen) atoms. The number of aromatic nitrogens is 4. The molecule has 0 radical (unpaired) electrons. The molecular weight excluding hydrogens is 324 g/mol. The molecular formula is C16H24N6O3. The number of fused-ring (bicyclic) bond motifs is 1. The molecule has 2 aromatic rings. The zero-order valence-electron chi connectivity index (χ0n) is 15.1. The van der Waals surface area contributed by atoms with E-state index in [0.717, 1.165) is 0 Å². The number of imidazole rings is 1. The molecule has 2 aromatic heterocycles. The molecule has 3 rings (SSSR count). The first kappa shape index (κ1) is 17.2. The van der Waals surface area contributed by atoms with Crippen LogP contribution in [0.4, 0.5) is 5.95 Å². The van der Waals surface area contributed by atoms with E-state index >= 15 is 0 Å². The quantitative estimate of drug-likeness (QED) is 0.846. The van der Waals surface area contributed by atoms with Crippen molar-refractivity contribution in [3.05, 3.63) is 20.8 Å². The summed E-state index contributed by atoms with van der Waals surface area (Å²) in [7, 11) is 1.60. The van der Waals surface area contributed by atoms with E-state index in [1.165, 1.54) is 4.57 Å². The number of hydrogen-bond acceptors (Lipinski definition) is 5. The number of nitrogens with one attached hydrogen (secondary N) is 1. The molecule has 136 valence electrons. The SMILES string of the molecule is CCC(=O)N1CCN(c2nc3c(c(=O)[nH]c(=O)n3C)n2C(C)C)CC1. The number of carbonyl (C=O) groups excluding carboxylic acids is 1. The summed E-state index contributed by atoms with van der Waals surface area (Å²) in [6.45, 7) is 8.37.